The van der Waals surface area contributed by atoms with Crippen molar-refractivity contribution in [2.75, 3.05) is 40.6 Å². The molecule has 3 rings (SSSR count). The van der Waals surface area contributed by atoms with Crippen LogP contribution in [0.2, 0.25) is 0 Å². The van der Waals surface area contributed by atoms with Gasteiger partial charge in [0.05, 0.1) is 26.9 Å². The fourth-order valence-electron chi connectivity index (χ4n) is 3.18. The summed E-state index contributed by atoms with van der Waals surface area (Å²) in [5.74, 6) is 1.48. The number of hydrogen-bond donors (Lipinski definition) is 1. The highest BCUT2D eigenvalue weighted by molar-refractivity contribution is 5.96. The molecule has 1 N–H and O–H groups in total. The van der Waals surface area contributed by atoms with Crippen molar-refractivity contribution in [2.45, 2.75) is 19.9 Å². The summed E-state index contributed by atoms with van der Waals surface area (Å²) in [6.45, 7) is 4.47. The van der Waals surface area contributed by atoms with E-state index in [-0.39, 0.29) is 25.2 Å². The van der Waals surface area contributed by atoms with Gasteiger partial charge in [-0.2, -0.15) is 0 Å². The number of rotatable bonds is 9. The Bertz CT molecular complexity index is 957. The highest BCUT2D eigenvalue weighted by Gasteiger charge is 2.22. The lowest BCUT2D eigenvalue weighted by Gasteiger charge is -2.22. The Morgan fingerprint density at radius 3 is 2.50 bits per heavy atom. The minimum atomic E-state index is -0.464. The van der Waals surface area contributed by atoms with Gasteiger partial charge in [-0.25, -0.2) is 4.79 Å². The molecule has 0 spiro atoms. The van der Waals surface area contributed by atoms with Gasteiger partial charge in [0.1, 0.15) is 13.2 Å². The second-order valence-electron chi connectivity index (χ2n) is 6.90. The maximum absolute atomic E-state index is 12.9. The molecule has 0 aliphatic carbocycles. The average Bonchev–Trinajstić information content (AvgIpc) is 2.81. The van der Waals surface area contributed by atoms with Crippen LogP contribution in [0.5, 0.6) is 28.7 Å². The number of nitrogens with one attached hydrogen (secondary N) is 1. The Hall–Kier alpha value is -3.62. The number of carbonyl (C=O) groups excluding carboxylic acids is 2. The van der Waals surface area contributed by atoms with E-state index in [9.17, 15) is 9.59 Å². The quantitative estimate of drug-likeness (QED) is 0.588. The van der Waals surface area contributed by atoms with Crippen molar-refractivity contribution in [3.05, 3.63) is 41.5 Å². The van der Waals surface area contributed by atoms with Crippen LogP contribution in [0.15, 0.2) is 30.3 Å². The Morgan fingerprint density at radius 1 is 1.03 bits per heavy atom. The van der Waals surface area contributed by atoms with E-state index in [0.717, 1.165) is 5.56 Å². The molecule has 1 aliphatic rings. The zero-order valence-electron chi connectivity index (χ0n) is 18.6. The molecule has 1 atom stereocenters. The summed E-state index contributed by atoms with van der Waals surface area (Å²) in [6, 6.07) is 8.13. The van der Waals surface area contributed by atoms with Gasteiger partial charge in [0.15, 0.2) is 29.6 Å². The predicted octanol–water partition coefficient (Wildman–Crippen LogP) is 2.91. The molecule has 0 aromatic heterocycles. The molecule has 0 saturated heterocycles. The molecule has 1 unspecified atom stereocenters. The Balaban J connectivity index is 1.72. The first-order valence-electron chi connectivity index (χ1n) is 10.2. The van der Waals surface area contributed by atoms with E-state index in [1.807, 2.05) is 6.92 Å². The largest absolute Gasteiger partial charge is 0.493 e. The summed E-state index contributed by atoms with van der Waals surface area (Å²) in [5, 5.41) is 2.95. The summed E-state index contributed by atoms with van der Waals surface area (Å²) in [6.07, 6.45) is 0. The third-order valence-electron chi connectivity index (χ3n) is 4.78. The fraction of sp³-hybridized carbons (Fsp3) is 0.391. The zero-order valence-corrected chi connectivity index (χ0v) is 18.6. The number of carbonyl (C=O) groups is 2. The van der Waals surface area contributed by atoms with Crippen molar-refractivity contribution in [3.8, 4) is 28.7 Å². The minimum absolute atomic E-state index is 0.220. The molecule has 0 bridgehead atoms. The van der Waals surface area contributed by atoms with E-state index < -0.39 is 5.97 Å². The second kappa shape index (κ2) is 10.6. The monoisotopic (exact) mass is 445 g/mol. The van der Waals surface area contributed by atoms with Gasteiger partial charge in [-0.1, -0.05) is 6.07 Å². The molecule has 0 radical (unpaired) electrons. The number of esters is 1. The molecule has 9 nitrogen and oxygen atoms in total. The molecular weight excluding hydrogens is 418 g/mol. The third kappa shape index (κ3) is 5.35. The number of methoxy groups -OCH3 is 2. The van der Waals surface area contributed by atoms with Gasteiger partial charge in [0, 0.05) is 5.56 Å². The Morgan fingerprint density at radius 2 is 1.78 bits per heavy atom. The first-order valence-corrected chi connectivity index (χ1v) is 10.2. The van der Waals surface area contributed by atoms with Gasteiger partial charge in [0.2, 0.25) is 5.75 Å². The van der Waals surface area contributed by atoms with Crippen molar-refractivity contribution < 1.29 is 38.0 Å². The highest BCUT2D eigenvalue weighted by atomic mass is 16.6. The summed E-state index contributed by atoms with van der Waals surface area (Å²) in [5.41, 5.74) is 1.18. The lowest BCUT2D eigenvalue weighted by atomic mass is 10.1. The van der Waals surface area contributed by atoms with Gasteiger partial charge < -0.3 is 33.7 Å². The minimum Gasteiger partial charge on any atom is -0.493 e. The average molecular weight is 445 g/mol. The van der Waals surface area contributed by atoms with Gasteiger partial charge in [-0.3, -0.25) is 4.79 Å². The topological polar surface area (TPSA) is 102 Å². The number of amides is 1. The number of benzene rings is 2. The molecular formula is C23H27NO8. The van der Waals surface area contributed by atoms with Crippen molar-refractivity contribution in [2.24, 2.45) is 0 Å². The third-order valence-corrected chi connectivity index (χ3v) is 4.78. The normalized spacial score (nSPS) is 13.0. The van der Waals surface area contributed by atoms with Crippen LogP contribution in [-0.2, 0) is 9.53 Å². The van der Waals surface area contributed by atoms with E-state index in [4.69, 9.17) is 28.4 Å². The van der Waals surface area contributed by atoms with Crippen LogP contribution in [0.3, 0.4) is 0 Å². The summed E-state index contributed by atoms with van der Waals surface area (Å²) < 4.78 is 32.2. The number of hydrogen-bond acceptors (Lipinski definition) is 8. The van der Waals surface area contributed by atoms with Crippen molar-refractivity contribution in [1.82, 2.24) is 5.32 Å². The molecule has 172 valence electrons. The first-order chi connectivity index (χ1) is 15.5. The van der Waals surface area contributed by atoms with E-state index in [2.05, 4.69) is 5.32 Å². The van der Waals surface area contributed by atoms with Crippen LogP contribution in [0.4, 0.5) is 0 Å². The van der Waals surface area contributed by atoms with Gasteiger partial charge in [-0.15, -0.1) is 0 Å². The standard InChI is InChI=1S/C23H27NO8/c1-5-29-21(25)13-32-17-7-6-15(10-18(17)27-3)14(2)24-23(26)16-11-19(28-4)22-20(12-16)30-8-9-31-22/h6-7,10-12,14H,5,8-9,13H2,1-4H3,(H,24,26). The van der Waals surface area contributed by atoms with Crippen LogP contribution in [0, 0.1) is 0 Å². The van der Waals surface area contributed by atoms with E-state index in [0.29, 0.717) is 47.5 Å². The molecule has 1 aliphatic heterocycles. The number of fused-ring (bicyclic) bond motifs is 1. The zero-order chi connectivity index (χ0) is 23.1. The summed E-state index contributed by atoms with van der Waals surface area (Å²) >= 11 is 0. The van der Waals surface area contributed by atoms with Crippen LogP contribution < -0.4 is 29.0 Å². The maximum atomic E-state index is 12.9. The highest BCUT2D eigenvalue weighted by Crippen LogP contribution is 2.40. The molecule has 32 heavy (non-hydrogen) atoms. The van der Waals surface area contributed by atoms with E-state index >= 15 is 0 Å². The van der Waals surface area contributed by atoms with Crippen LogP contribution in [0.1, 0.15) is 35.8 Å². The van der Waals surface area contributed by atoms with Crippen molar-refractivity contribution >= 4 is 11.9 Å². The van der Waals surface area contributed by atoms with Crippen molar-refractivity contribution in [3.63, 3.8) is 0 Å². The van der Waals surface area contributed by atoms with Gasteiger partial charge in [-0.05, 0) is 43.7 Å². The molecule has 0 fully saturated rings. The molecule has 9 heteroatoms. The predicted molar refractivity (Wildman–Crippen MR) is 115 cm³/mol. The molecule has 0 saturated carbocycles. The van der Waals surface area contributed by atoms with Crippen LogP contribution in [-0.4, -0.2) is 52.5 Å². The Labute approximate surface area is 186 Å². The van der Waals surface area contributed by atoms with Crippen LogP contribution >= 0.6 is 0 Å². The van der Waals surface area contributed by atoms with Crippen LogP contribution in [0.25, 0.3) is 0 Å². The molecule has 1 heterocycles. The lowest BCUT2D eigenvalue weighted by molar-refractivity contribution is -0.145. The SMILES string of the molecule is CCOC(=O)COc1ccc(C(C)NC(=O)c2cc(OC)c3c(c2)OCCO3)cc1OC. The molecule has 1 amide bonds. The smallest absolute Gasteiger partial charge is 0.344 e. The Kier molecular flexibility index (Phi) is 7.64. The first kappa shape index (κ1) is 23.1. The molecule has 2 aromatic rings. The second-order valence-corrected chi connectivity index (χ2v) is 6.90. The van der Waals surface area contributed by atoms with Gasteiger partial charge in [0.25, 0.3) is 5.91 Å². The van der Waals surface area contributed by atoms with E-state index in [1.54, 1.807) is 37.3 Å². The van der Waals surface area contributed by atoms with Crippen molar-refractivity contribution in [1.29, 1.82) is 0 Å². The fourth-order valence-corrected chi connectivity index (χ4v) is 3.18. The van der Waals surface area contributed by atoms with E-state index in [1.165, 1.54) is 14.2 Å². The van der Waals surface area contributed by atoms with Gasteiger partial charge >= 0.3 is 5.97 Å². The molecule has 2 aromatic carbocycles. The number of ether oxygens (including phenoxy) is 6. The summed E-state index contributed by atoms with van der Waals surface area (Å²) in [7, 11) is 3.01. The maximum Gasteiger partial charge on any atom is 0.344 e. The summed E-state index contributed by atoms with van der Waals surface area (Å²) in [4.78, 5) is 24.4. The lowest BCUT2D eigenvalue weighted by Crippen LogP contribution is -2.27.